The van der Waals surface area contributed by atoms with Gasteiger partial charge in [0.15, 0.2) is 17.2 Å². The third-order valence-electron chi connectivity index (χ3n) is 6.22. The minimum absolute atomic E-state index is 0.140. The molecule has 0 aliphatic rings. The molecule has 6 aromatic rings. The third kappa shape index (κ3) is 4.83. The predicted molar refractivity (Wildman–Crippen MR) is 149 cm³/mol. The largest absolute Gasteiger partial charge is 0.497 e. The Kier molecular flexibility index (Phi) is 6.36. The minimum Gasteiger partial charge on any atom is -0.497 e. The zero-order valence-corrected chi connectivity index (χ0v) is 21.9. The van der Waals surface area contributed by atoms with E-state index in [0.717, 1.165) is 5.56 Å². The number of methoxy groups -OCH3 is 1. The molecular formula is C28H24FN9O2. The van der Waals surface area contributed by atoms with Crippen molar-refractivity contribution in [3.8, 4) is 39.7 Å². The van der Waals surface area contributed by atoms with Gasteiger partial charge in [0.25, 0.3) is 0 Å². The Labute approximate surface area is 227 Å². The number of hydrogen-bond donors (Lipinski definition) is 3. The normalized spacial score (nSPS) is 11.4. The number of fused-ring (bicyclic) bond motifs is 2. The van der Waals surface area contributed by atoms with E-state index in [1.165, 1.54) is 19.2 Å². The number of ether oxygens (including phenoxy) is 1. The summed E-state index contributed by atoms with van der Waals surface area (Å²) in [4.78, 5) is 35.4. The van der Waals surface area contributed by atoms with Crippen molar-refractivity contribution < 1.29 is 13.9 Å². The minimum atomic E-state index is -0.412. The summed E-state index contributed by atoms with van der Waals surface area (Å²) in [6.45, 7) is 0.258. The number of likely N-dealkylation sites (N-methyl/N-ethyl adjacent to an activating group) is 1. The van der Waals surface area contributed by atoms with Crippen LogP contribution in [0.5, 0.6) is 5.75 Å². The summed E-state index contributed by atoms with van der Waals surface area (Å²) in [5.74, 6) is 0.312. The smallest absolute Gasteiger partial charge is 0.238 e. The fourth-order valence-electron chi connectivity index (χ4n) is 4.46. The molecule has 1 aromatic carbocycles. The number of carbonyl (C=O) groups excluding carboxylic acids is 1. The third-order valence-corrected chi connectivity index (χ3v) is 6.22. The highest BCUT2D eigenvalue weighted by Crippen LogP contribution is 2.33. The van der Waals surface area contributed by atoms with Crippen LogP contribution in [0.4, 0.5) is 10.1 Å². The van der Waals surface area contributed by atoms with E-state index in [1.54, 1.807) is 35.6 Å². The molecule has 6 rings (SSSR count). The lowest BCUT2D eigenvalue weighted by atomic mass is 10.1. The van der Waals surface area contributed by atoms with Gasteiger partial charge in [-0.25, -0.2) is 19.3 Å². The van der Waals surface area contributed by atoms with Crippen molar-refractivity contribution in [2.75, 3.05) is 33.1 Å². The Hall–Kier alpha value is -5.23. The lowest BCUT2D eigenvalue weighted by molar-refractivity contribution is -0.116. The number of anilines is 1. The zero-order chi connectivity index (χ0) is 27.8. The van der Waals surface area contributed by atoms with Gasteiger partial charge in [-0.1, -0.05) is 0 Å². The maximum absolute atomic E-state index is 14.2. The molecule has 5 aromatic heterocycles. The topological polar surface area (TPSA) is 138 Å². The molecule has 0 aliphatic carbocycles. The fourth-order valence-corrected chi connectivity index (χ4v) is 4.46. The van der Waals surface area contributed by atoms with Crippen molar-refractivity contribution in [2.45, 2.75) is 0 Å². The number of aromatic amines is 2. The van der Waals surface area contributed by atoms with E-state index in [-0.39, 0.29) is 12.5 Å². The number of carbonyl (C=O) groups is 1. The van der Waals surface area contributed by atoms with E-state index in [9.17, 15) is 9.18 Å². The van der Waals surface area contributed by atoms with Crippen molar-refractivity contribution >= 4 is 33.8 Å². The highest BCUT2D eigenvalue weighted by molar-refractivity contribution is 5.95. The molecule has 0 saturated carbocycles. The molecule has 1 amide bonds. The lowest BCUT2D eigenvalue weighted by Gasteiger charge is -2.10. The molecule has 0 atom stereocenters. The quantitative estimate of drug-likeness (QED) is 0.275. The maximum Gasteiger partial charge on any atom is 0.238 e. The molecule has 0 aliphatic heterocycles. The summed E-state index contributed by atoms with van der Waals surface area (Å²) in [6, 6.07) is 11.8. The summed E-state index contributed by atoms with van der Waals surface area (Å²) in [5.41, 5.74) is 6.17. The van der Waals surface area contributed by atoms with E-state index >= 15 is 0 Å². The van der Waals surface area contributed by atoms with Crippen LogP contribution in [0.3, 0.4) is 0 Å². The predicted octanol–water partition coefficient (Wildman–Crippen LogP) is 4.27. The Balaban J connectivity index is 1.38. The zero-order valence-electron chi connectivity index (χ0n) is 21.9. The number of benzene rings is 1. The van der Waals surface area contributed by atoms with Crippen LogP contribution in [0.1, 0.15) is 0 Å². The fraction of sp³-hybridized carbons (Fsp3) is 0.143. The molecular weight excluding hydrogens is 513 g/mol. The number of nitrogens with one attached hydrogen (secondary N) is 3. The Morgan fingerprint density at radius 1 is 1.07 bits per heavy atom. The monoisotopic (exact) mass is 537 g/mol. The second kappa shape index (κ2) is 10.2. The number of halogens is 1. The molecule has 0 bridgehead atoms. The first-order valence-electron chi connectivity index (χ1n) is 12.3. The van der Waals surface area contributed by atoms with E-state index in [0.29, 0.717) is 62.0 Å². The van der Waals surface area contributed by atoms with Gasteiger partial charge in [-0.05, 0) is 56.1 Å². The number of aromatic nitrogens is 7. The van der Waals surface area contributed by atoms with Crippen LogP contribution in [-0.4, -0.2) is 73.7 Å². The van der Waals surface area contributed by atoms with E-state index in [1.807, 2.05) is 32.3 Å². The Morgan fingerprint density at radius 2 is 1.95 bits per heavy atom. The van der Waals surface area contributed by atoms with Gasteiger partial charge in [0.05, 0.1) is 42.3 Å². The summed E-state index contributed by atoms with van der Waals surface area (Å²) >= 11 is 0. The number of pyridine rings is 3. The molecule has 0 unspecified atom stereocenters. The van der Waals surface area contributed by atoms with Gasteiger partial charge in [0, 0.05) is 29.6 Å². The Morgan fingerprint density at radius 3 is 2.77 bits per heavy atom. The number of rotatable bonds is 7. The molecule has 11 nitrogen and oxygen atoms in total. The molecule has 5 heterocycles. The van der Waals surface area contributed by atoms with Crippen molar-refractivity contribution in [3.63, 3.8) is 0 Å². The second-order valence-electron chi connectivity index (χ2n) is 9.44. The van der Waals surface area contributed by atoms with Gasteiger partial charge < -0.3 is 19.9 Å². The molecule has 3 N–H and O–H groups in total. The molecule has 0 saturated heterocycles. The van der Waals surface area contributed by atoms with Crippen LogP contribution in [0, 0.1) is 5.82 Å². The summed E-state index contributed by atoms with van der Waals surface area (Å²) < 4.78 is 19.5. The number of amides is 1. The molecule has 40 heavy (non-hydrogen) atoms. The van der Waals surface area contributed by atoms with Crippen LogP contribution in [0.25, 0.3) is 56.1 Å². The molecule has 12 heteroatoms. The Bertz CT molecular complexity index is 1880. The van der Waals surface area contributed by atoms with Gasteiger partial charge in [-0.15, -0.1) is 0 Å². The molecule has 0 fully saturated rings. The van der Waals surface area contributed by atoms with E-state index in [2.05, 4.69) is 35.5 Å². The average Bonchev–Trinajstić information content (AvgIpc) is 3.56. The lowest BCUT2D eigenvalue weighted by Crippen LogP contribution is -2.27. The first kappa shape index (κ1) is 25.1. The number of nitrogens with zero attached hydrogens (tertiary/aromatic N) is 6. The van der Waals surface area contributed by atoms with E-state index in [4.69, 9.17) is 9.72 Å². The van der Waals surface area contributed by atoms with Crippen LogP contribution < -0.4 is 10.1 Å². The summed E-state index contributed by atoms with van der Waals surface area (Å²) in [5, 5.41) is 10.3. The van der Waals surface area contributed by atoms with Gasteiger partial charge in [-0.3, -0.25) is 14.9 Å². The average molecular weight is 538 g/mol. The van der Waals surface area contributed by atoms with Crippen LogP contribution in [0.2, 0.25) is 0 Å². The molecule has 0 spiro atoms. The van der Waals surface area contributed by atoms with Crippen molar-refractivity contribution in [1.29, 1.82) is 0 Å². The van der Waals surface area contributed by atoms with Gasteiger partial charge in [-0.2, -0.15) is 5.10 Å². The van der Waals surface area contributed by atoms with E-state index < -0.39 is 5.82 Å². The maximum atomic E-state index is 14.2. The van der Waals surface area contributed by atoms with Gasteiger partial charge in [0.2, 0.25) is 5.91 Å². The first-order chi connectivity index (χ1) is 19.4. The van der Waals surface area contributed by atoms with Gasteiger partial charge >= 0.3 is 0 Å². The molecule has 0 radical (unpaired) electrons. The van der Waals surface area contributed by atoms with Crippen LogP contribution in [-0.2, 0) is 4.79 Å². The molecule has 200 valence electrons. The van der Waals surface area contributed by atoms with Crippen LogP contribution in [0.15, 0.2) is 61.1 Å². The summed E-state index contributed by atoms with van der Waals surface area (Å²) in [6.07, 6.45) is 4.89. The summed E-state index contributed by atoms with van der Waals surface area (Å²) in [7, 11) is 5.15. The highest BCUT2D eigenvalue weighted by atomic mass is 19.1. The van der Waals surface area contributed by atoms with Crippen molar-refractivity contribution in [2.24, 2.45) is 0 Å². The van der Waals surface area contributed by atoms with Crippen molar-refractivity contribution in [1.82, 2.24) is 40.0 Å². The second-order valence-corrected chi connectivity index (χ2v) is 9.44. The highest BCUT2D eigenvalue weighted by Gasteiger charge is 2.18. The standard InChI is InChI=1S/C28H24FN9O2/c1-38(2)14-23(39)32-18-9-16(12-30-13-18)21-4-5-22-25(33-21)26(37-36-22)28-34-24-20(6-7-31-27(24)35-28)15-8-17(29)11-19(10-15)40-3/h4-13H,14H2,1-3H3,(H,32,39)(H,36,37)(H,31,34,35). The SMILES string of the molecule is COc1cc(F)cc(-c2ccnc3nc(-c4n[nH]c5ccc(-c6cncc(NC(=O)CN(C)C)c6)nc45)[nH]c23)c1. The van der Waals surface area contributed by atoms with Gasteiger partial charge in [0.1, 0.15) is 17.1 Å². The number of hydrogen-bond acceptors (Lipinski definition) is 8. The van der Waals surface area contributed by atoms with Crippen molar-refractivity contribution in [3.05, 3.63) is 66.9 Å². The number of imidazole rings is 1. The number of H-pyrrole nitrogens is 2. The van der Waals surface area contributed by atoms with Crippen LogP contribution >= 0.6 is 0 Å². The first-order valence-corrected chi connectivity index (χ1v) is 12.3.